The lowest BCUT2D eigenvalue weighted by atomic mass is 9.97. The van der Waals surface area contributed by atoms with Gasteiger partial charge in [-0.15, -0.1) is 0 Å². The number of aromatic nitrogens is 1. The van der Waals surface area contributed by atoms with E-state index >= 15 is 0 Å². The summed E-state index contributed by atoms with van der Waals surface area (Å²) in [6, 6.07) is 58.5. The summed E-state index contributed by atoms with van der Waals surface area (Å²) in [6.45, 7) is 0. The molecule has 44 heavy (non-hydrogen) atoms. The van der Waals surface area contributed by atoms with Gasteiger partial charge in [-0.2, -0.15) is 0 Å². The average molecular weight is 562 g/mol. The lowest BCUT2D eigenvalue weighted by Crippen LogP contribution is -1.94. The standard InChI is InChI=1S/C42H27NO/c1-2-10-28(11-3-1)32-20-22-41-37(26-32)38-27-33(21-23-42(38)44-41)30-13-8-12-29(24-30)31-14-9-15-34(25-31)43-39-18-6-4-16-35(39)36-17-5-7-19-40(36)43/h1-27H. The smallest absolute Gasteiger partial charge is 0.135 e. The molecular weight excluding hydrogens is 534 g/mol. The van der Waals surface area contributed by atoms with E-state index in [4.69, 9.17) is 4.42 Å². The van der Waals surface area contributed by atoms with Crippen LogP contribution in [0.5, 0.6) is 0 Å². The van der Waals surface area contributed by atoms with Gasteiger partial charge in [0, 0.05) is 27.2 Å². The van der Waals surface area contributed by atoms with E-state index < -0.39 is 0 Å². The molecule has 0 saturated carbocycles. The summed E-state index contributed by atoms with van der Waals surface area (Å²) < 4.78 is 8.61. The van der Waals surface area contributed by atoms with Crippen LogP contribution in [0.25, 0.3) is 82.8 Å². The monoisotopic (exact) mass is 561 g/mol. The van der Waals surface area contributed by atoms with Gasteiger partial charge in [0.2, 0.25) is 0 Å². The fraction of sp³-hybridized carbons (Fsp3) is 0. The number of hydrogen-bond acceptors (Lipinski definition) is 1. The van der Waals surface area contributed by atoms with Crippen LogP contribution in [-0.4, -0.2) is 4.57 Å². The van der Waals surface area contributed by atoms with Crippen LogP contribution in [0, 0.1) is 0 Å². The van der Waals surface area contributed by atoms with Crippen LogP contribution in [0.4, 0.5) is 0 Å². The Morgan fingerprint density at radius 3 is 1.43 bits per heavy atom. The highest BCUT2D eigenvalue weighted by atomic mass is 16.3. The molecule has 2 aromatic heterocycles. The number of fused-ring (bicyclic) bond motifs is 6. The van der Waals surface area contributed by atoms with E-state index in [1.807, 2.05) is 0 Å². The SMILES string of the molecule is c1ccc(-c2ccc3oc4ccc(-c5cccc(-c6cccc(-n7c8ccccc8c8ccccc87)c6)c5)cc4c3c2)cc1. The Bertz CT molecular complexity index is 2440. The summed E-state index contributed by atoms with van der Waals surface area (Å²) >= 11 is 0. The molecule has 0 radical (unpaired) electrons. The van der Waals surface area contributed by atoms with Gasteiger partial charge in [-0.25, -0.2) is 0 Å². The molecule has 2 heterocycles. The van der Waals surface area contributed by atoms with Crippen LogP contribution >= 0.6 is 0 Å². The van der Waals surface area contributed by atoms with Crippen LogP contribution < -0.4 is 0 Å². The summed E-state index contributed by atoms with van der Waals surface area (Å²) in [5, 5.41) is 4.81. The van der Waals surface area contributed by atoms with Crippen molar-refractivity contribution in [2.75, 3.05) is 0 Å². The van der Waals surface area contributed by atoms with Crippen LogP contribution in [0.3, 0.4) is 0 Å². The summed E-state index contributed by atoms with van der Waals surface area (Å²) in [7, 11) is 0. The number of furan rings is 1. The van der Waals surface area contributed by atoms with Crippen LogP contribution in [-0.2, 0) is 0 Å². The maximum Gasteiger partial charge on any atom is 0.135 e. The molecule has 0 unspecified atom stereocenters. The molecule has 9 aromatic rings. The number of hydrogen-bond donors (Lipinski definition) is 0. The zero-order valence-electron chi connectivity index (χ0n) is 23.9. The summed E-state index contributed by atoms with van der Waals surface area (Å²) in [5.74, 6) is 0. The highest BCUT2D eigenvalue weighted by Crippen LogP contribution is 2.37. The third kappa shape index (κ3) is 3.96. The molecule has 7 aromatic carbocycles. The summed E-state index contributed by atoms with van der Waals surface area (Å²) in [5.41, 5.74) is 12.5. The quantitative estimate of drug-likeness (QED) is 0.209. The molecular formula is C42H27NO. The molecule has 0 aliphatic carbocycles. The molecule has 0 atom stereocenters. The van der Waals surface area contributed by atoms with Gasteiger partial charge in [-0.1, -0.05) is 109 Å². The van der Waals surface area contributed by atoms with Gasteiger partial charge in [0.1, 0.15) is 11.2 Å². The highest BCUT2D eigenvalue weighted by Gasteiger charge is 2.13. The number of para-hydroxylation sites is 2. The largest absolute Gasteiger partial charge is 0.456 e. The third-order valence-electron chi connectivity index (χ3n) is 8.79. The lowest BCUT2D eigenvalue weighted by Gasteiger charge is -2.11. The maximum atomic E-state index is 6.23. The minimum atomic E-state index is 0.906. The minimum Gasteiger partial charge on any atom is -0.456 e. The van der Waals surface area contributed by atoms with Crippen molar-refractivity contribution in [3.8, 4) is 39.1 Å². The van der Waals surface area contributed by atoms with Gasteiger partial charge < -0.3 is 8.98 Å². The Balaban J connectivity index is 1.14. The number of benzene rings is 7. The van der Waals surface area contributed by atoms with Crippen molar-refractivity contribution in [2.45, 2.75) is 0 Å². The second-order valence-corrected chi connectivity index (χ2v) is 11.4. The second-order valence-electron chi connectivity index (χ2n) is 11.4. The van der Waals surface area contributed by atoms with E-state index in [9.17, 15) is 0 Å². The van der Waals surface area contributed by atoms with Gasteiger partial charge >= 0.3 is 0 Å². The summed E-state index contributed by atoms with van der Waals surface area (Å²) in [4.78, 5) is 0. The van der Waals surface area contributed by atoms with Gasteiger partial charge in [0.05, 0.1) is 11.0 Å². The Hall–Kier alpha value is -5.86. The maximum absolute atomic E-state index is 6.23. The Morgan fingerprint density at radius 2 is 0.795 bits per heavy atom. The molecule has 2 heteroatoms. The third-order valence-corrected chi connectivity index (χ3v) is 8.79. The van der Waals surface area contributed by atoms with Crippen molar-refractivity contribution >= 4 is 43.7 Å². The van der Waals surface area contributed by atoms with Crippen molar-refractivity contribution < 1.29 is 4.42 Å². The van der Waals surface area contributed by atoms with Gasteiger partial charge in [-0.3, -0.25) is 0 Å². The highest BCUT2D eigenvalue weighted by molar-refractivity contribution is 6.09. The first-order valence-corrected chi connectivity index (χ1v) is 15.0. The van der Waals surface area contributed by atoms with E-state index in [2.05, 4.69) is 168 Å². The van der Waals surface area contributed by atoms with Crippen molar-refractivity contribution in [1.29, 1.82) is 0 Å². The topological polar surface area (TPSA) is 18.1 Å². The van der Waals surface area contributed by atoms with E-state index in [1.54, 1.807) is 0 Å². The first-order valence-electron chi connectivity index (χ1n) is 15.0. The first-order chi connectivity index (χ1) is 21.8. The molecule has 0 spiro atoms. The Kier molecular flexibility index (Phi) is 5.54. The first kappa shape index (κ1) is 24.7. The molecule has 0 aliphatic heterocycles. The van der Waals surface area contributed by atoms with E-state index in [0.717, 1.165) is 27.6 Å². The molecule has 206 valence electrons. The van der Waals surface area contributed by atoms with Crippen molar-refractivity contribution in [3.63, 3.8) is 0 Å². The Morgan fingerprint density at radius 1 is 0.318 bits per heavy atom. The molecule has 9 rings (SSSR count). The molecule has 0 fully saturated rings. The number of nitrogens with zero attached hydrogens (tertiary/aromatic N) is 1. The van der Waals surface area contributed by atoms with Crippen molar-refractivity contribution in [2.24, 2.45) is 0 Å². The predicted octanol–water partition coefficient (Wildman–Crippen LogP) is 11.7. The molecule has 0 saturated heterocycles. The fourth-order valence-electron chi connectivity index (χ4n) is 6.67. The molecule has 0 N–H and O–H groups in total. The lowest BCUT2D eigenvalue weighted by molar-refractivity contribution is 0.669. The summed E-state index contributed by atoms with van der Waals surface area (Å²) in [6.07, 6.45) is 0. The fourth-order valence-corrected chi connectivity index (χ4v) is 6.67. The van der Waals surface area contributed by atoms with Crippen molar-refractivity contribution in [1.82, 2.24) is 4.57 Å². The Labute approximate surface area is 255 Å². The van der Waals surface area contributed by atoms with E-state index in [1.165, 1.54) is 55.2 Å². The molecule has 2 nitrogen and oxygen atoms in total. The van der Waals surface area contributed by atoms with E-state index in [-0.39, 0.29) is 0 Å². The molecule has 0 aliphatic rings. The zero-order chi connectivity index (χ0) is 29.0. The van der Waals surface area contributed by atoms with Gasteiger partial charge in [0.25, 0.3) is 0 Å². The average Bonchev–Trinajstić information content (AvgIpc) is 3.64. The van der Waals surface area contributed by atoms with E-state index in [0.29, 0.717) is 0 Å². The molecule has 0 amide bonds. The van der Waals surface area contributed by atoms with Crippen LogP contribution in [0.1, 0.15) is 0 Å². The number of rotatable bonds is 4. The molecule has 0 bridgehead atoms. The predicted molar refractivity (Wildman–Crippen MR) is 184 cm³/mol. The zero-order valence-corrected chi connectivity index (χ0v) is 23.9. The minimum absolute atomic E-state index is 0.906. The van der Waals surface area contributed by atoms with Crippen LogP contribution in [0.15, 0.2) is 168 Å². The second kappa shape index (κ2) is 9.86. The van der Waals surface area contributed by atoms with Gasteiger partial charge in [0.15, 0.2) is 0 Å². The van der Waals surface area contributed by atoms with Crippen LogP contribution in [0.2, 0.25) is 0 Å². The normalized spacial score (nSPS) is 11.6. The van der Waals surface area contributed by atoms with Crippen molar-refractivity contribution in [3.05, 3.63) is 164 Å². The van der Waals surface area contributed by atoms with Gasteiger partial charge in [-0.05, 0) is 88.0 Å².